The van der Waals surface area contributed by atoms with Crippen molar-refractivity contribution < 1.29 is 0 Å². The van der Waals surface area contributed by atoms with Gasteiger partial charge in [0.25, 0.3) is 0 Å². The topological polar surface area (TPSA) is 12.9 Å². The van der Waals surface area contributed by atoms with E-state index >= 15 is 0 Å². The van der Waals surface area contributed by atoms with Crippen molar-refractivity contribution in [2.24, 2.45) is 0 Å². The Balaban J connectivity index is 0.000000561. The van der Waals surface area contributed by atoms with Crippen molar-refractivity contribution in [1.29, 1.82) is 0 Å². The first kappa shape index (κ1) is 11.2. The van der Waals surface area contributed by atoms with Gasteiger partial charge in [0.15, 0.2) is 0 Å². The number of aromatic nitrogens is 1. The molecule has 1 heteroatoms. The first-order valence-electron chi connectivity index (χ1n) is 4.82. The van der Waals surface area contributed by atoms with E-state index in [1.807, 2.05) is 26.2 Å². The zero-order valence-corrected chi connectivity index (χ0v) is 8.38. The highest BCUT2D eigenvalue weighted by Gasteiger charge is 1.87. The fraction of sp³-hybridized carbons (Fsp3) is 0.545. The molecule has 0 bridgehead atoms. The molecule has 1 nitrogen and oxygen atoms in total. The zero-order valence-electron chi connectivity index (χ0n) is 8.38. The third-order valence-electron chi connectivity index (χ3n) is 1.57. The highest BCUT2D eigenvalue weighted by molar-refractivity contribution is 5.09. The van der Waals surface area contributed by atoms with E-state index in [0.717, 1.165) is 0 Å². The molecule has 0 saturated heterocycles. The Morgan fingerprint density at radius 2 is 1.75 bits per heavy atom. The van der Waals surface area contributed by atoms with Crippen LogP contribution in [0.3, 0.4) is 0 Å². The summed E-state index contributed by atoms with van der Waals surface area (Å²) in [5, 5.41) is 0. The van der Waals surface area contributed by atoms with E-state index in [4.69, 9.17) is 0 Å². The maximum atomic E-state index is 3.95. The second kappa shape index (κ2) is 8.25. The lowest BCUT2D eigenvalue weighted by Gasteiger charge is -1.95. The predicted molar refractivity (Wildman–Crippen MR) is 54.2 cm³/mol. The lowest BCUT2D eigenvalue weighted by molar-refractivity contribution is 0.794. The van der Waals surface area contributed by atoms with Gasteiger partial charge in [0.05, 0.1) is 0 Å². The van der Waals surface area contributed by atoms with E-state index in [1.54, 1.807) is 0 Å². The Bertz CT molecular complexity index is 170. The molecule has 12 heavy (non-hydrogen) atoms. The summed E-state index contributed by atoms with van der Waals surface area (Å²) in [5.41, 5.74) is 1.40. The van der Waals surface area contributed by atoms with Crippen LogP contribution in [0.1, 0.15) is 39.2 Å². The van der Waals surface area contributed by atoms with Gasteiger partial charge in [-0.15, -0.1) is 0 Å². The van der Waals surface area contributed by atoms with Crippen LogP contribution in [-0.4, -0.2) is 4.98 Å². The molecule has 0 aliphatic rings. The molecule has 0 aliphatic carbocycles. The van der Waals surface area contributed by atoms with Crippen molar-refractivity contribution >= 4 is 0 Å². The normalized spacial score (nSPS) is 8.58. The average Bonchev–Trinajstić information content (AvgIpc) is 2.19. The van der Waals surface area contributed by atoms with E-state index in [2.05, 4.69) is 24.0 Å². The van der Waals surface area contributed by atoms with E-state index < -0.39 is 0 Å². The molecular weight excluding hydrogens is 146 g/mol. The Labute approximate surface area is 75.8 Å². The monoisotopic (exact) mass is 165 g/mol. The molecule has 0 radical (unpaired) electrons. The molecule has 0 spiro atoms. The largest absolute Gasteiger partial charge is 0.265 e. The number of pyridine rings is 1. The summed E-state index contributed by atoms with van der Waals surface area (Å²) < 4.78 is 0. The number of rotatable bonds is 3. The maximum Gasteiger partial charge on any atom is 0.0270 e. The maximum absolute atomic E-state index is 3.95. The Hall–Kier alpha value is -0.850. The van der Waals surface area contributed by atoms with Crippen LogP contribution in [0.25, 0.3) is 0 Å². The summed E-state index contributed by atoms with van der Waals surface area (Å²) in [6.45, 7) is 6.21. The summed E-state index contributed by atoms with van der Waals surface area (Å²) in [6.07, 6.45) is 7.45. The summed E-state index contributed by atoms with van der Waals surface area (Å²) in [7, 11) is 0. The van der Waals surface area contributed by atoms with Crippen LogP contribution < -0.4 is 0 Å². The van der Waals surface area contributed by atoms with Gasteiger partial charge in [-0.2, -0.15) is 0 Å². The fourth-order valence-electron chi connectivity index (χ4n) is 0.930. The molecule has 68 valence electrons. The van der Waals surface area contributed by atoms with Crippen LogP contribution in [0.15, 0.2) is 24.5 Å². The number of nitrogens with zero attached hydrogens (tertiary/aromatic N) is 1. The number of hydrogen-bond acceptors (Lipinski definition) is 1. The van der Waals surface area contributed by atoms with Crippen LogP contribution in [0.4, 0.5) is 0 Å². The number of aryl methyl sites for hydroxylation is 1. The molecule has 0 N–H and O–H groups in total. The second-order valence-electron chi connectivity index (χ2n) is 2.46. The van der Waals surface area contributed by atoms with Gasteiger partial charge in [0.1, 0.15) is 0 Å². The van der Waals surface area contributed by atoms with Crippen LogP contribution >= 0.6 is 0 Å². The molecule has 1 aromatic heterocycles. The zero-order chi connectivity index (χ0) is 9.23. The number of hydrogen-bond donors (Lipinski definition) is 0. The highest BCUT2D eigenvalue weighted by Crippen LogP contribution is 2.01. The van der Waals surface area contributed by atoms with Crippen LogP contribution in [0.2, 0.25) is 0 Å². The molecule has 0 unspecified atom stereocenters. The van der Waals surface area contributed by atoms with E-state index in [1.165, 1.54) is 24.8 Å². The van der Waals surface area contributed by atoms with Gasteiger partial charge >= 0.3 is 0 Å². The van der Waals surface area contributed by atoms with Gasteiger partial charge in [-0.3, -0.25) is 4.98 Å². The van der Waals surface area contributed by atoms with Gasteiger partial charge in [-0.05, 0) is 30.5 Å². The molecule has 0 aromatic carbocycles. The lowest BCUT2D eigenvalue weighted by atomic mass is 10.1. The van der Waals surface area contributed by atoms with Crippen LogP contribution in [0.5, 0.6) is 0 Å². The summed E-state index contributed by atoms with van der Waals surface area (Å²) in [4.78, 5) is 3.95. The second-order valence-corrected chi connectivity index (χ2v) is 2.46. The Morgan fingerprint density at radius 1 is 1.17 bits per heavy atom. The standard InChI is InChI=1S/C9H13N.C2H6/c1-2-3-4-9-5-7-10-8-6-9;1-2/h5-8H,2-4H2,1H3;1-2H3. The Morgan fingerprint density at radius 3 is 2.25 bits per heavy atom. The van der Waals surface area contributed by atoms with Crippen molar-refractivity contribution in [2.75, 3.05) is 0 Å². The SMILES string of the molecule is CC.CCCCc1ccncc1. The van der Waals surface area contributed by atoms with Crippen LogP contribution in [0, 0.1) is 0 Å². The van der Waals surface area contributed by atoms with Gasteiger partial charge in [-0.25, -0.2) is 0 Å². The Kier molecular flexibility index (Phi) is 7.66. The average molecular weight is 165 g/mol. The van der Waals surface area contributed by atoms with Crippen molar-refractivity contribution in [3.8, 4) is 0 Å². The summed E-state index contributed by atoms with van der Waals surface area (Å²) >= 11 is 0. The smallest absolute Gasteiger partial charge is 0.0270 e. The first-order chi connectivity index (χ1) is 5.93. The fourth-order valence-corrected chi connectivity index (χ4v) is 0.930. The van der Waals surface area contributed by atoms with E-state index in [0.29, 0.717) is 0 Å². The van der Waals surface area contributed by atoms with E-state index in [9.17, 15) is 0 Å². The van der Waals surface area contributed by atoms with Crippen molar-refractivity contribution in [2.45, 2.75) is 40.0 Å². The first-order valence-corrected chi connectivity index (χ1v) is 4.82. The van der Waals surface area contributed by atoms with Crippen molar-refractivity contribution in [3.63, 3.8) is 0 Å². The summed E-state index contributed by atoms with van der Waals surface area (Å²) in [5.74, 6) is 0. The molecule has 1 rings (SSSR count). The van der Waals surface area contributed by atoms with Crippen molar-refractivity contribution in [1.82, 2.24) is 4.98 Å². The predicted octanol–water partition coefficient (Wildman–Crippen LogP) is 3.45. The summed E-state index contributed by atoms with van der Waals surface area (Å²) in [6, 6.07) is 4.16. The molecule has 0 fully saturated rings. The van der Waals surface area contributed by atoms with Crippen molar-refractivity contribution in [3.05, 3.63) is 30.1 Å². The van der Waals surface area contributed by atoms with Gasteiger partial charge in [-0.1, -0.05) is 27.2 Å². The van der Waals surface area contributed by atoms with Gasteiger partial charge in [0, 0.05) is 12.4 Å². The molecule has 0 amide bonds. The molecule has 1 heterocycles. The quantitative estimate of drug-likeness (QED) is 0.668. The minimum Gasteiger partial charge on any atom is -0.265 e. The lowest BCUT2D eigenvalue weighted by Crippen LogP contribution is -1.83. The minimum atomic E-state index is 1.19. The van der Waals surface area contributed by atoms with Crippen LogP contribution in [-0.2, 0) is 6.42 Å². The molecule has 1 aromatic rings. The highest BCUT2D eigenvalue weighted by atomic mass is 14.6. The van der Waals surface area contributed by atoms with E-state index in [-0.39, 0.29) is 0 Å². The minimum absolute atomic E-state index is 1.19. The third-order valence-corrected chi connectivity index (χ3v) is 1.57. The molecular formula is C11H19N. The number of unbranched alkanes of at least 4 members (excludes halogenated alkanes) is 1. The molecule has 0 atom stereocenters. The van der Waals surface area contributed by atoms with Gasteiger partial charge in [0.2, 0.25) is 0 Å². The molecule has 0 aliphatic heterocycles. The third kappa shape index (κ3) is 4.89. The van der Waals surface area contributed by atoms with Gasteiger partial charge < -0.3 is 0 Å². The molecule has 0 saturated carbocycles.